The molecule has 146 valence electrons. The van der Waals surface area contributed by atoms with Crippen LogP contribution < -0.4 is 15.6 Å². The number of nitrogens with zero attached hydrogens (tertiary/aromatic N) is 3. The minimum absolute atomic E-state index is 0.149. The van der Waals surface area contributed by atoms with Crippen LogP contribution >= 0.6 is 39.3 Å². The average Bonchev–Trinajstić information content (AvgIpc) is 2.69. The van der Waals surface area contributed by atoms with Gasteiger partial charge in [-0.3, -0.25) is 9.36 Å². The van der Waals surface area contributed by atoms with E-state index in [1.54, 1.807) is 29.9 Å². The fraction of sp³-hybridized carbons (Fsp3) is 0.211. The number of hydrogen-bond donors (Lipinski definition) is 1. The van der Waals surface area contributed by atoms with Crippen molar-refractivity contribution in [2.24, 2.45) is 0 Å². The highest BCUT2D eigenvalue weighted by molar-refractivity contribution is 9.10. The summed E-state index contributed by atoms with van der Waals surface area (Å²) in [6, 6.07) is 13.2. The van der Waals surface area contributed by atoms with Crippen molar-refractivity contribution in [2.45, 2.75) is 24.4 Å². The number of thioether (sulfide) groups is 1. The summed E-state index contributed by atoms with van der Waals surface area (Å²) >= 11 is 11.0. The van der Waals surface area contributed by atoms with Gasteiger partial charge in [-0.2, -0.15) is 0 Å². The second-order valence-corrected chi connectivity index (χ2v) is 8.04. The lowest BCUT2D eigenvalue weighted by molar-refractivity contribution is 0.415. The summed E-state index contributed by atoms with van der Waals surface area (Å²) in [5.41, 5.74) is 1.54. The van der Waals surface area contributed by atoms with Crippen LogP contribution in [-0.2, 0) is 12.3 Å². The van der Waals surface area contributed by atoms with E-state index >= 15 is 0 Å². The van der Waals surface area contributed by atoms with Crippen molar-refractivity contribution in [2.75, 3.05) is 12.4 Å². The Labute approximate surface area is 180 Å². The van der Waals surface area contributed by atoms with Crippen molar-refractivity contribution >= 4 is 50.8 Å². The number of ether oxygens (including phenoxy) is 1. The Morgan fingerprint density at radius 2 is 1.96 bits per heavy atom. The maximum atomic E-state index is 12.8. The molecule has 28 heavy (non-hydrogen) atoms. The maximum absolute atomic E-state index is 12.8. The van der Waals surface area contributed by atoms with Crippen molar-refractivity contribution in [3.63, 3.8) is 0 Å². The van der Waals surface area contributed by atoms with Gasteiger partial charge in [-0.1, -0.05) is 51.4 Å². The molecule has 3 aromatic rings. The van der Waals surface area contributed by atoms with Gasteiger partial charge in [0.1, 0.15) is 5.75 Å². The minimum Gasteiger partial charge on any atom is -0.495 e. The first kappa shape index (κ1) is 20.7. The lowest BCUT2D eigenvalue weighted by Gasteiger charge is -2.12. The lowest BCUT2D eigenvalue weighted by Crippen LogP contribution is -2.26. The van der Waals surface area contributed by atoms with Crippen LogP contribution in [0.1, 0.15) is 12.5 Å². The summed E-state index contributed by atoms with van der Waals surface area (Å²) in [6.07, 6.45) is 0. The highest BCUT2D eigenvalue weighted by Crippen LogP contribution is 2.28. The quantitative estimate of drug-likeness (QED) is 0.472. The van der Waals surface area contributed by atoms with E-state index in [-0.39, 0.29) is 11.4 Å². The maximum Gasteiger partial charge on any atom is 0.297 e. The zero-order chi connectivity index (χ0) is 20.1. The summed E-state index contributed by atoms with van der Waals surface area (Å²) < 4.78 is 7.77. The van der Waals surface area contributed by atoms with E-state index in [2.05, 4.69) is 31.4 Å². The molecule has 0 aliphatic carbocycles. The Hall–Kier alpha value is -2.03. The molecule has 0 unspecified atom stereocenters. The molecule has 1 heterocycles. The number of anilines is 2. The predicted molar refractivity (Wildman–Crippen MR) is 117 cm³/mol. The minimum atomic E-state index is -0.234. The fourth-order valence-corrected chi connectivity index (χ4v) is 3.95. The molecule has 6 nitrogen and oxygen atoms in total. The van der Waals surface area contributed by atoms with E-state index < -0.39 is 0 Å². The van der Waals surface area contributed by atoms with E-state index in [1.807, 2.05) is 31.2 Å². The Morgan fingerprint density at radius 3 is 2.61 bits per heavy atom. The molecule has 1 aromatic heterocycles. The van der Waals surface area contributed by atoms with Gasteiger partial charge in [0.15, 0.2) is 5.16 Å². The molecule has 0 aliphatic rings. The number of nitrogens with one attached hydrogen (secondary N) is 1. The predicted octanol–water partition coefficient (Wildman–Crippen LogP) is 5.12. The summed E-state index contributed by atoms with van der Waals surface area (Å²) in [5, 5.41) is 12.3. The van der Waals surface area contributed by atoms with Gasteiger partial charge in [0.25, 0.3) is 5.56 Å². The van der Waals surface area contributed by atoms with Gasteiger partial charge in [0.2, 0.25) is 5.82 Å². The SMILES string of the molecule is CCn1c(SCc2ccc(Br)cc2)nnc(Nc2ccc(OC)c(Cl)c2)c1=O. The zero-order valence-electron chi connectivity index (χ0n) is 15.3. The van der Waals surface area contributed by atoms with E-state index in [9.17, 15) is 4.79 Å². The number of methoxy groups -OCH3 is 1. The second-order valence-electron chi connectivity index (χ2n) is 5.77. The third-order valence-corrected chi connectivity index (χ3v) is 5.79. The van der Waals surface area contributed by atoms with E-state index in [0.29, 0.717) is 33.9 Å². The molecule has 0 aliphatic heterocycles. The molecule has 0 fully saturated rings. The van der Waals surface area contributed by atoms with Crippen LogP contribution in [-0.4, -0.2) is 21.9 Å². The lowest BCUT2D eigenvalue weighted by atomic mass is 10.2. The first-order valence-electron chi connectivity index (χ1n) is 8.47. The van der Waals surface area contributed by atoms with Crippen LogP contribution in [0, 0.1) is 0 Å². The number of halogens is 2. The van der Waals surface area contributed by atoms with Crippen LogP contribution in [0.2, 0.25) is 5.02 Å². The molecular weight excluding hydrogens is 464 g/mol. The van der Waals surface area contributed by atoms with Crippen LogP contribution in [0.25, 0.3) is 0 Å². The van der Waals surface area contributed by atoms with Crippen LogP contribution in [0.15, 0.2) is 56.9 Å². The van der Waals surface area contributed by atoms with Gasteiger partial charge in [-0.25, -0.2) is 0 Å². The molecule has 0 bridgehead atoms. The third-order valence-electron chi connectivity index (χ3n) is 3.93. The van der Waals surface area contributed by atoms with Crippen molar-refractivity contribution in [1.29, 1.82) is 0 Å². The normalized spacial score (nSPS) is 10.7. The third kappa shape index (κ3) is 4.87. The molecular formula is C19H18BrClN4O2S. The number of hydrogen-bond acceptors (Lipinski definition) is 6. The summed E-state index contributed by atoms with van der Waals surface area (Å²) in [4.78, 5) is 12.8. The topological polar surface area (TPSA) is 69.0 Å². The monoisotopic (exact) mass is 480 g/mol. The first-order valence-corrected chi connectivity index (χ1v) is 10.6. The van der Waals surface area contributed by atoms with Crippen molar-refractivity contribution in [3.05, 3.63) is 67.9 Å². The zero-order valence-corrected chi connectivity index (χ0v) is 18.4. The molecule has 0 radical (unpaired) electrons. The van der Waals surface area contributed by atoms with Crippen molar-refractivity contribution < 1.29 is 4.74 Å². The van der Waals surface area contributed by atoms with E-state index in [1.165, 1.54) is 11.8 Å². The molecule has 0 saturated heterocycles. The molecule has 0 saturated carbocycles. The van der Waals surface area contributed by atoms with E-state index in [0.717, 1.165) is 10.0 Å². The van der Waals surface area contributed by atoms with Crippen LogP contribution in [0.5, 0.6) is 5.75 Å². The molecule has 3 rings (SSSR count). The molecule has 0 atom stereocenters. The second kappa shape index (κ2) is 9.45. The van der Waals surface area contributed by atoms with Gasteiger partial charge in [-0.05, 0) is 42.8 Å². The molecule has 9 heteroatoms. The summed E-state index contributed by atoms with van der Waals surface area (Å²) in [6.45, 7) is 2.40. The number of aromatic nitrogens is 3. The molecule has 1 N–H and O–H groups in total. The highest BCUT2D eigenvalue weighted by Gasteiger charge is 2.13. The van der Waals surface area contributed by atoms with Gasteiger partial charge in [0, 0.05) is 22.5 Å². The Morgan fingerprint density at radius 1 is 1.21 bits per heavy atom. The van der Waals surface area contributed by atoms with Gasteiger partial charge >= 0.3 is 0 Å². The van der Waals surface area contributed by atoms with Crippen LogP contribution in [0.4, 0.5) is 11.5 Å². The fourth-order valence-electron chi connectivity index (χ4n) is 2.48. The van der Waals surface area contributed by atoms with Gasteiger partial charge in [-0.15, -0.1) is 10.2 Å². The van der Waals surface area contributed by atoms with Crippen molar-refractivity contribution in [3.8, 4) is 5.75 Å². The standard InChI is InChI=1S/C19H18BrClN4O2S/c1-3-25-18(26)17(22-14-8-9-16(27-2)15(21)10-14)23-24-19(25)28-11-12-4-6-13(20)7-5-12/h4-10H,3,11H2,1-2H3,(H,22,23). The Bertz CT molecular complexity index is 1030. The Kier molecular flexibility index (Phi) is 6.98. The molecule has 0 amide bonds. The summed E-state index contributed by atoms with van der Waals surface area (Å²) in [7, 11) is 1.55. The highest BCUT2D eigenvalue weighted by atomic mass is 79.9. The largest absolute Gasteiger partial charge is 0.495 e. The molecule has 0 spiro atoms. The average molecular weight is 482 g/mol. The van der Waals surface area contributed by atoms with Gasteiger partial charge < -0.3 is 10.1 Å². The first-order chi connectivity index (χ1) is 13.5. The summed E-state index contributed by atoms with van der Waals surface area (Å²) in [5.74, 6) is 1.41. The van der Waals surface area contributed by atoms with Crippen LogP contribution in [0.3, 0.4) is 0 Å². The number of benzene rings is 2. The smallest absolute Gasteiger partial charge is 0.297 e. The van der Waals surface area contributed by atoms with Gasteiger partial charge in [0.05, 0.1) is 12.1 Å². The molecule has 2 aromatic carbocycles. The number of rotatable bonds is 7. The Balaban J connectivity index is 1.80. The van der Waals surface area contributed by atoms with E-state index in [4.69, 9.17) is 16.3 Å². The van der Waals surface area contributed by atoms with Crippen molar-refractivity contribution in [1.82, 2.24) is 14.8 Å².